The summed E-state index contributed by atoms with van der Waals surface area (Å²) in [5, 5.41) is 0. The highest BCUT2D eigenvalue weighted by atomic mass is 16.3. The van der Waals surface area contributed by atoms with Gasteiger partial charge in [-0.1, -0.05) is 19.1 Å². The number of nitrogens with zero attached hydrogens (tertiary/aromatic N) is 1. The Morgan fingerprint density at radius 1 is 1.21 bits per heavy atom. The van der Waals surface area contributed by atoms with E-state index in [4.69, 9.17) is 10.2 Å². The van der Waals surface area contributed by atoms with Crippen LogP contribution in [0.3, 0.4) is 0 Å². The molecule has 3 nitrogen and oxygen atoms in total. The first-order chi connectivity index (χ1) is 9.28. The zero-order valence-corrected chi connectivity index (χ0v) is 11.5. The summed E-state index contributed by atoms with van der Waals surface area (Å²) < 4.78 is 5.39. The Balaban J connectivity index is 1.77. The van der Waals surface area contributed by atoms with E-state index in [-0.39, 0.29) is 0 Å². The van der Waals surface area contributed by atoms with Crippen LogP contribution in [-0.4, -0.2) is 18.0 Å². The van der Waals surface area contributed by atoms with Crippen molar-refractivity contribution in [2.24, 2.45) is 0 Å². The van der Waals surface area contributed by atoms with Crippen LogP contribution >= 0.6 is 0 Å². The third-order valence-corrected chi connectivity index (χ3v) is 3.30. The van der Waals surface area contributed by atoms with Crippen molar-refractivity contribution in [3.63, 3.8) is 0 Å². The van der Waals surface area contributed by atoms with Crippen LogP contribution in [0.2, 0.25) is 0 Å². The summed E-state index contributed by atoms with van der Waals surface area (Å²) in [5.41, 5.74) is 7.95. The second kappa shape index (κ2) is 7.00. The molecule has 0 unspecified atom stereocenters. The molecule has 1 heterocycles. The molecule has 0 aliphatic rings. The largest absolute Gasteiger partial charge is 0.468 e. The van der Waals surface area contributed by atoms with Crippen LogP contribution in [0.1, 0.15) is 24.7 Å². The van der Waals surface area contributed by atoms with Crippen molar-refractivity contribution in [3.8, 4) is 0 Å². The average molecular weight is 258 g/mol. The summed E-state index contributed by atoms with van der Waals surface area (Å²) in [7, 11) is 0. The highest BCUT2D eigenvalue weighted by Crippen LogP contribution is 2.10. The molecule has 19 heavy (non-hydrogen) atoms. The van der Waals surface area contributed by atoms with Gasteiger partial charge in [0.2, 0.25) is 0 Å². The number of nitrogen functional groups attached to an aromatic ring is 1. The normalized spacial score (nSPS) is 11.1. The van der Waals surface area contributed by atoms with Gasteiger partial charge in [0.05, 0.1) is 12.8 Å². The maximum atomic E-state index is 5.78. The van der Waals surface area contributed by atoms with Gasteiger partial charge in [0.1, 0.15) is 5.76 Å². The fourth-order valence-corrected chi connectivity index (χ4v) is 2.23. The molecule has 0 bridgehead atoms. The number of hydrogen-bond acceptors (Lipinski definition) is 3. The third-order valence-electron chi connectivity index (χ3n) is 3.30. The third kappa shape index (κ3) is 4.45. The molecule has 0 atom stereocenters. The van der Waals surface area contributed by atoms with Crippen molar-refractivity contribution in [1.82, 2.24) is 4.90 Å². The van der Waals surface area contributed by atoms with E-state index in [0.717, 1.165) is 43.9 Å². The number of hydrogen-bond donors (Lipinski definition) is 1. The van der Waals surface area contributed by atoms with Crippen LogP contribution in [0.15, 0.2) is 47.1 Å². The van der Waals surface area contributed by atoms with Crippen LogP contribution in [0.4, 0.5) is 5.69 Å². The first kappa shape index (κ1) is 13.7. The molecule has 1 aromatic heterocycles. The van der Waals surface area contributed by atoms with Crippen molar-refractivity contribution in [1.29, 1.82) is 0 Å². The van der Waals surface area contributed by atoms with Crippen molar-refractivity contribution < 1.29 is 4.42 Å². The standard InChI is InChI=1S/C16H22N2O/c1-2-18(13-16-9-5-11-19-16)10-4-7-14-6-3-8-15(17)12-14/h3,5-6,8-9,11-12H,2,4,7,10,13,17H2,1H3. The molecule has 2 rings (SSSR count). The molecule has 0 aliphatic heterocycles. The molecule has 0 aliphatic carbocycles. The van der Waals surface area contributed by atoms with E-state index in [9.17, 15) is 0 Å². The maximum absolute atomic E-state index is 5.78. The Morgan fingerprint density at radius 3 is 2.79 bits per heavy atom. The highest BCUT2D eigenvalue weighted by Gasteiger charge is 2.05. The molecular formula is C16H22N2O. The molecular weight excluding hydrogens is 236 g/mol. The van der Waals surface area contributed by atoms with Gasteiger partial charge in [-0.3, -0.25) is 4.90 Å². The molecule has 2 aromatic rings. The summed E-state index contributed by atoms with van der Waals surface area (Å²) in [6.45, 7) is 5.19. The Bertz CT molecular complexity index is 479. The Hall–Kier alpha value is -1.74. The molecule has 0 saturated carbocycles. The molecule has 102 valence electrons. The predicted octanol–water partition coefficient (Wildman–Crippen LogP) is 3.32. The second-order valence-corrected chi connectivity index (χ2v) is 4.80. The number of benzene rings is 1. The van der Waals surface area contributed by atoms with Gasteiger partial charge in [-0.15, -0.1) is 0 Å². The summed E-state index contributed by atoms with van der Waals surface area (Å²) in [4.78, 5) is 2.39. The summed E-state index contributed by atoms with van der Waals surface area (Å²) >= 11 is 0. The van der Waals surface area contributed by atoms with Gasteiger partial charge >= 0.3 is 0 Å². The summed E-state index contributed by atoms with van der Waals surface area (Å²) in [6.07, 6.45) is 3.94. The molecule has 0 spiro atoms. The molecule has 1 aromatic carbocycles. The van der Waals surface area contributed by atoms with Gasteiger partial charge in [-0.05, 0) is 55.8 Å². The van der Waals surface area contributed by atoms with Crippen molar-refractivity contribution in [2.45, 2.75) is 26.3 Å². The lowest BCUT2D eigenvalue weighted by molar-refractivity contribution is 0.253. The number of anilines is 1. The Morgan fingerprint density at radius 2 is 2.11 bits per heavy atom. The minimum absolute atomic E-state index is 0.848. The SMILES string of the molecule is CCN(CCCc1cccc(N)c1)Cc1ccco1. The van der Waals surface area contributed by atoms with E-state index >= 15 is 0 Å². The first-order valence-corrected chi connectivity index (χ1v) is 6.87. The first-order valence-electron chi connectivity index (χ1n) is 6.87. The lowest BCUT2D eigenvalue weighted by Crippen LogP contribution is -2.24. The number of furan rings is 1. The topological polar surface area (TPSA) is 42.4 Å². The van der Waals surface area contributed by atoms with Gasteiger partial charge in [0, 0.05) is 5.69 Å². The van der Waals surface area contributed by atoms with E-state index in [1.165, 1.54) is 5.56 Å². The van der Waals surface area contributed by atoms with Crippen molar-refractivity contribution in [3.05, 3.63) is 54.0 Å². The highest BCUT2D eigenvalue weighted by molar-refractivity contribution is 5.40. The van der Waals surface area contributed by atoms with Gasteiger partial charge in [0.25, 0.3) is 0 Å². The van der Waals surface area contributed by atoms with E-state index in [1.807, 2.05) is 24.3 Å². The van der Waals surface area contributed by atoms with E-state index in [0.29, 0.717) is 0 Å². The molecule has 3 heteroatoms. The number of nitrogens with two attached hydrogens (primary N) is 1. The van der Waals surface area contributed by atoms with Gasteiger partial charge in [-0.25, -0.2) is 0 Å². The lowest BCUT2D eigenvalue weighted by atomic mass is 10.1. The second-order valence-electron chi connectivity index (χ2n) is 4.80. The number of rotatable bonds is 7. The maximum Gasteiger partial charge on any atom is 0.117 e. The molecule has 0 saturated heterocycles. The smallest absolute Gasteiger partial charge is 0.117 e. The zero-order valence-electron chi connectivity index (χ0n) is 11.5. The van der Waals surface area contributed by atoms with Crippen molar-refractivity contribution in [2.75, 3.05) is 18.8 Å². The van der Waals surface area contributed by atoms with Crippen molar-refractivity contribution >= 4 is 5.69 Å². The molecule has 0 fully saturated rings. The number of aryl methyl sites for hydroxylation is 1. The van der Waals surface area contributed by atoms with Gasteiger partial charge in [0.15, 0.2) is 0 Å². The Kier molecular flexibility index (Phi) is 5.04. The predicted molar refractivity (Wildman–Crippen MR) is 78.8 cm³/mol. The summed E-state index contributed by atoms with van der Waals surface area (Å²) in [5.74, 6) is 1.03. The molecule has 0 amide bonds. The van der Waals surface area contributed by atoms with E-state index < -0.39 is 0 Å². The van der Waals surface area contributed by atoms with Crippen LogP contribution in [-0.2, 0) is 13.0 Å². The van der Waals surface area contributed by atoms with E-state index in [1.54, 1.807) is 6.26 Å². The fourth-order valence-electron chi connectivity index (χ4n) is 2.23. The fraction of sp³-hybridized carbons (Fsp3) is 0.375. The minimum Gasteiger partial charge on any atom is -0.468 e. The van der Waals surface area contributed by atoms with Crippen LogP contribution in [0, 0.1) is 0 Å². The monoisotopic (exact) mass is 258 g/mol. The van der Waals surface area contributed by atoms with Gasteiger partial charge in [-0.2, -0.15) is 0 Å². The molecule has 0 radical (unpaired) electrons. The van der Waals surface area contributed by atoms with Gasteiger partial charge < -0.3 is 10.2 Å². The van der Waals surface area contributed by atoms with Crippen LogP contribution in [0.5, 0.6) is 0 Å². The minimum atomic E-state index is 0.848. The quantitative estimate of drug-likeness (QED) is 0.775. The summed E-state index contributed by atoms with van der Waals surface area (Å²) in [6, 6.07) is 12.1. The van der Waals surface area contributed by atoms with E-state index in [2.05, 4.69) is 24.0 Å². The molecule has 2 N–H and O–H groups in total. The zero-order chi connectivity index (χ0) is 13.5. The van der Waals surface area contributed by atoms with Crippen LogP contribution < -0.4 is 5.73 Å². The average Bonchev–Trinajstić information content (AvgIpc) is 2.90. The lowest BCUT2D eigenvalue weighted by Gasteiger charge is -2.18. The Labute approximate surface area is 115 Å². The van der Waals surface area contributed by atoms with Crippen LogP contribution in [0.25, 0.3) is 0 Å².